The van der Waals surface area contributed by atoms with Crippen LogP contribution < -0.4 is 5.32 Å². The molecule has 2 aliphatic heterocycles. The van der Waals surface area contributed by atoms with E-state index in [1.807, 2.05) is 0 Å². The van der Waals surface area contributed by atoms with E-state index in [9.17, 15) is 5.11 Å². The molecule has 3 atom stereocenters. The van der Waals surface area contributed by atoms with Gasteiger partial charge >= 0.3 is 0 Å². The van der Waals surface area contributed by atoms with E-state index in [4.69, 9.17) is 0 Å². The zero-order valence-electron chi connectivity index (χ0n) is 9.49. The molecule has 0 aromatic rings. The van der Waals surface area contributed by atoms with Gasteiger partial charge < -0.3 is 10.4 Å². The van der Waals surface area contributed by atoms with Crippen molar-refractivity contribution in [1.29, 1.82) is 0 Å². The molecule has 0 aromatic heterocycles. The fourth-order valence-electron chi connectivity index (χ4n) is 4.06. The Balaban J connectivity index is 1.61. The van der Waals surface area contributed by atoms with Crippen molar-refractivity contribution < 1.29 is 5.11 Å². The van der Waals surface area contributed by atoms with Gasteiger partial charge in [-0.05, 0) is 50.4 Å². The molecule has 3 fully saturated rings. The van der Waals surface area contributed by atoms with Gasteiger partial charge in [0.15, 0.2) is 0 Å². The van der Waals surface area contributed by atoms with E-state index in [0.717, 1.165) is 12.1 Å². The van der Waals surface area contributed by atoms with Gasteiger partial charge in [0.1, 0.15) is 0 Å². The third kappa shape index (κ3) is 1.94. The summed E-state index contributed by atoms with van der Waals surface area (Å²) in [7, 11) is 0. The molecule has 2 saturated heterocycles. The molecular formula is C13H23NO. The summed E-state index contributed by atoms with van der Waals surface area (Å²) in [5.41, 5.74) is 0. The van der Waals surface area contributed by atoms with Crippen molar-refractivity contribution in [2.75, 3.05) is 0 Å². The Hall–Kier alpha value is -0.0800. The van der Waals surface area contributed by atoms with E-state index in [-0.39, 0.29) is 6.10 Å². The zero-order valence-corrected chi connectivity index (χ0v) is 9.49. The van der Waals surface area contributed by atoms with E-state index >= 15 is 0 Å². The van der Waals surface area contributed by atoms with E-state index in [2.05, 4.69) is 5.32 Å². The first-order valence-corrected chi connectivity index (χ1v) is 6.77. The van der Waals surface area contributed by atoms with Gasteiger partial charge in [-0.25, -0.2) is 0 Å². The highest BCUT2D eigenvalue weighted by atomic mass is 16.3. The topological polar surface area (TPSA) is 32.3 Å². The SMILES string of the molecule is OC(C1CCCC1)C1CC2CCC(C1)N2. The summed E-state index contributed by atoms with van der Waals surface area (Å²) in [6, 6.07) is 1.45. The molecule has 3 rings (SSSR count). The fourth-order valence-corrected chi connectivity index (χ4v) is 4.06. The lowest BCUT2D eigenvalue weighted by Crippen LogP contribution is -2.43. The van der Waals surface area contributed by atoms with Gasteiger partial charge in [0, 0.05) is 12.1 Å². The normalized spacial score (nSPS) is 43.4. The van der Waals surface area contributed by atoms with Gasteiger partial charge in [-0.3, -0.25) is 0 Å². The Bertz CT molecular complexity index is 213. The lowest BCUT2D eigenvalue weighted by atomic mass is 9.81. The Morgan fingerprint density at radius 2 is 1.47 bits per heavy atom. The van der Waals surface area contributed by atoms with Gasteiger partial charge in [-0.1, -0.05) is 12.8 Å². The minimum absolute atomic E-state index is 0.0118. The Labute approximate surface area is 92.4 Å². The van der Waals surface area contributed by atoms with Gasteiger partial charge in [-0.15, -0.1) is 0 Å². The number of rotatable bonds is 2. The van der Waals surface area contributed by atoms with E-state index in [0.29, 0.717) is 11.8 Å². The molecule has 0 radical (unpaired) electrons. The Morgan fingerprint density at radius 1 is 0.867 bits per heavy atom. The Kier molecular flexibility index (Phi) is 2.73. The van der Waals surface area contributed by atoms with Crippen molar-refractivity contribution in [1.82, 2.24) is 5.32 Å². The monoisotopic (exact) mass is 209 g/mol. The summed E-state index contributed by atoms with van der Waals surface area (Å²) in [6.45, 7) is 0. The average molecular weight is 209 g/mol. The third-order valence-corrected chi connectivity index (χ3v) is 4.88. The number of aliphatic hydroxyl groups excluding tert-OH is 1. The predicted molar refractivity (Wildman–Crippen MR) is 60.6 cm³/mol. The van der Waals surface area contributed by atoms with Crippen LogP contribution in [0.4, 0.5) is 0 Å². The number of piperidine rings is 1. The van der Waals surface area contributed by atoms with Gasteiger partial charge in [0.2, 0.25) is 0 Å². The van der Waals surface area contributed by atoms with Gasteiger partial charge in [0.05, 0.1) is 6.10 Å². The Morgan fingerprint density at radius 3 is 2.07 bits per heavy atom. The lowest BCUT2D eigenvalue weighted by Gasteiger charge is -2.34. The minimum atomic E-state index is 0.0118. The molecule has 0 spiro atoms. The highest BCUT2D eigenvalue weighted by Gasteiger charge is 2.39. The largest absolute Gasteiger partial charge is 0.393 e. The van der Waals surface area contributed by atoms with Crippen LogP contribution in [0.3, 0.4) is 0 Å². The summed E-state index contributed by atoms with van der Waals surface area (Å²) < 4.78 is 0. The smallest absolute Gasteiger partial charge is 0.0597 e. The molecule has 2 N–H and O–H groups in total. The second-order valence-corrected chi connectivity index (χ2v) is 5.90. The van der Waals surface area contributed by atoms with Crippen molar-refractivity contribution in [2.24, 2.45) is 11.8 Å². The molecule has 86 valence electrons. The maximum atomic E-state index is 10.4. The number of hydrogen-bond donors (Lipinski definition) is 2. The molecule has 2 nitrogen and oxygen atoms in total. The molecule has 2 heteroatoms. The van der Waals surface area contributed by atoms with Crippen LogP contribution in [0.5, 0.6) is 0 Å². The standard InChI is InChI=1S/C13H23NO/c15-13(9-3-1-2-4-9)10-7-11-5-6-12(8-10)14-11/h9-15H,1-8H2. The molecule has 0 aromatic carbocycles. The first kappa shape index (κ1) is 10.1. The van der Waals surface area contributed by atoms with Crippen LogP contribution in [0, 0.1) is 11.8 Å². The van der Waals surface area contributed by atoms with Crippen LogP contribution in [0.1, 0.15) is 51.4 Å². The predicted octanol–water partition coefficient (Wildman–Crippen LogP) is 2.07. The minimum Gasteiger partial charge on any atom is -0.393 e. The van der Waals surface area contributed by atoms with Crippen molar-refractivity contribution in [3.8, 4) is 0 Å². The molecule has 3 unspecified atom stereocenters. The van der Waals surface area contributed by atoms with Crippen LogP contribution in [-0.4, -0.2) is 23.3 Å². The van der Waals surface area contributed by atoms with E-state index < -0.39 is 0 Å². The first-order valence-electron chi connectivity index (χ1n) is 6.77. The number of hydrogen-bond acceptors (Lipinski definition) is 2. The second kappa shape index (κ2) is 4.06. The summed E-state index contributed by atoms with van der Waals surface area (Å²) in [4.78, 5) is 0. The highest BCUT2D eigenvalue weighted by molar-refractivity contribution is 4.95. The van der Waals surface area contributed by atoms with Crippen molar-refractivity contribution in [2.45, 2.75) is 69.6 Å². The second-order valence-electron chi connectivity index (χ2n) is 5.90. The van der Waals surface area contributed by atoms with Crippen LogP contribution >= 0.6 is 0 Å². The third-order valence-electron chi connectivity index (χ3n) is 4.88. The molecule has 2 heterocycles. The van der Waals surface area contributed by atoms with E-state index in [1.165, 1.54) is 51.4 Å². The average Bonchev–Trinajstić information content (AvgIpc) is 2.87. The summed E-state index contributed by atoms with van der Waals surface area (Å²) in [6.07, 6.45) is 10.4. The molecule has 3 aliphatic rings. The quantitative estimate of drug-likeness (QED) is 0.729. The van der Waals surface area contributed by atoms with Crippen molar-refractivity contribution in [3.63, 3.8) is 0 Å². The number of aliphatic hydroxyl groups is 1. The summed E-state index contributed by atoms with van der Waals surface area (Å²) >= 11 is 0. The van der Waals surface area contributed by atoms with Crippen LogP contribution in [0.25, 0.3) is 0 Å². The first-order chi connectivity index (χ1) is 7.33. The fraction of sp³-hybridized carbons (Fsp3) is 1.00. The molecule has 1 aliphatic carbocycles. The van der Waals surface area contributed by atoms with Crippen molar-refractivity contribution in [3.05, 3.63) is 0 Å². The summed E-state index contributed by atoms with van der Waals surface area (Å²) in [5.74, 6) is 1.24. The molecule has 15 heavy (non-hydrogen) atoms. The molecule has 0 amide bonds. The number of fused-ring (bicyclic) bond motifs is 2. The molecular weight excluding hydrogens is 186 g/mol. The highest BCUT2D eigenvalue weighted by Crippen LogP contribution is 2.38. The molecule has 2 bridgehead atoms. The lowest BCUT2D eigenvalue weighted by molar-refractivity contribution is 0.0296. The van der Waals surface area contributed by atoms with Crippen LogP contribution in [-0.2, 0) is 0 Å². The zero-order chi connectivity index (χ0) is 10.3. The maximum Gasteiger partial charge on any atom is 0.0597 e. The molecule has 1 saturated carbocycles. The van der Waals surface area contributed by atoms with Gasteiger partial charge in [0.25, 0.3) is 0 Å². The maximum absolute atomic E-state index is 10.4. The van der Waals surface area contributed by atoms with Crippen molar-refractivity contribution >= 4 is 0 Å². The van der Waals surface area contributed by atoms with Gasteiger partial charge in [-0.2, -0.15) is 0 Å². The van der Waals surface area contributed by atoms with Crippen LogP contribution in [0.2, 0.25) is 0 Å². The van der Waals surface area contributed by atoms with Crippen LogP contribution in [0.15, 0.2) is 0 Å². The van der Waals surface area contributed by atoms with E-state index in [1.54, 1.807) is 0 Å². The summed E-state index contributed by atoms with van der Waals surface area (Å²) in [5, 5.41) is 14.1. The number of nitrogens with one attached hydrogen (secondary N) is 1.